The second-order valence-corrected chi connectivity index (χ2v) is 4.32. The van der Waals surface area contributed by atoms with Crippen LogP contribution in [0.15, 0.2) is 42.5 Å². The number of carbonyl (C=O) groups excluding carboxylic acids is 1. The van der Waals surface area contributed by atoms with Crippen LogP contribution in [0.1, 0.15) is 27.6 Å². The van der Waals surface area contributed by atoms with Crippen molar-refractivity contribution in [3.8, 4) is 16.9 Å². The van der Waals surface area contributed by atoms with Crippen molar-refractivity contribution in [1.82, 2.24) is 0 Å². The zero-order valence-corrected chi connectivity index (χ0v) is 11.2. The van der Waals surface area contributed by atoms with Crippen LogP contribution in [0.4, 0.5) is 0 Å². The van der Waals surface area contributed by atoms with E-state index in [9.17, 15) is 14.7 Å². The molecule has 0 spiro atoms. The van der Waals surface area contributed by atoms with Gasteiger partial charge in [0.2, 0.25) is 0 Å². The lowest BCUT2D eigenvalue weighted by molar-refractivity contribution is 0.0697. The van der Waals surface area contributed by atoms with Crippen LogP contribution < -0.4 is 4.74 Å². The minimum absolute atomic E-state index is 0.140. The number of carboxylic acid groups (broad SMARTS) is 1. The summed E-state index contributed by atoms with van der Waals surface area (Å²) in [5, 5.41) is 9.25. The third-order valence-electron chi connectivity index (χ3n) is 3.05. The molecule has 0 aliphatic heterocycles. The minimum Gasteiger partial charge on any atom is -0.497 e. The number of rotatable bonds is 4. The fraction of sp³-hybridized carbons (Fsp3) is 0.125. The molecule has 0 atom stereocenters. The Bertz CT molecular complexity index is 674. The van der Waals surface area contributed by atoms with Crippen molar-refractivity contribution in [2.45, 2.75) is 6.92 Å². The van der Waals surface area contributed by atoms with Gasteiger partial charge in [0.15, 0.2) is 5.78 Å². The standard InChI is InChI=1S/C16H14O4/c1-10(17)15-9-11(20-2)7-8-13(15)12-5-3-4-6-14(12)16(18)19/h3-9H,1-2H3,(H,18,19). The molecule has 0 aliphatic rings. The Hall–Kier alpha value is -2.62. The normalized spacial score (nSPS) is 10.1. The first-order chi connectivity index (χ1) is 9.54. The van der Waals surface area contributed by atoms with Crippen LogP contribution in [-0.4, -0.2) is 24.0 Å². The number of benzene rings is 2. The molecule has 0 radical (unpaired) electrons. The number of methoxy groups -OCH3 is 1. The zero-order valence-electron chi connectivity index (χ0n) is 11.2. The van der Waals surface area contributed by atoms with Gasteiger partial charge in [0.25, 0.3) is 0 Å². The maximum absolute atomic E-state index is 11.8. The van der Waals surface area contributed by atoms with Gasteiger partial charge in [-0.3, -0.25) is 4.79 Å². The summed E-state index contributed by atoms with van der Waals surface area (Å²) in [5.41, 5.74) is 1.72. The van der Waals surface area contributed by atoms with Gasteiger partial charge in [-0.05, 0) is 42.3 Å². The van der Waals surface area contributed by atoms with Gasteiger partial charge >= 0.3 is 5.97 Å². The third-order valence-corrected chi connectivity index (χ3v) is 3.05. The van der Waals surface area contributed by atoms with Crippen molar-refractivity contribution in [2.24, 2.45) is 0 Å². The average molecular weight is 270 g/mol. The van der Waals surface area contributed by atoms with Crippen LogP contribution >= 0.6 is 0 Å². The number of hydrogen-bond acceptors (Lipinski definition) is 3. The predicted molar refractivity (Wildman–Crippen MR) is 75.4 cm³/mol. The van der Waals surface area contributed by atoms with E-state index < -0.39 is 5.97 Å². The number of hydrogen-bond donors (Lipinski definition) is 1. The van der Waals surface area contributed by atoms with Gasteiger partial charge in [0.05, 0.1) is 12.7 Å². The molecule has 1 N–H and O–H groups in total. The summed E-state index contributed by atoms with van der Waals surface area (Å²) < 4.78 is 5.11. The van der Waals surface area contributed by atoms with Gasteiger partial charge in [0.1, 0.15) is 5.75 Å². The molecule has 2 aromatic carbocycles. The van der Waals surface area contributed by atoms with Gasteiger partial charge in [-0.2, -0.15) is 0 Å². The topological polar surface area (TPSA) is 63.6 Å². The van der Waals surface area contributed by atoms with E-state index in [4.69, 9.17) is 4.74 Å². The molecule has 0 amide bonds. The van der Waals surface area contributed by atoms with Gasteiger partial charge in [-0.1, -0.05) is 18.2 Å². The highest BCUT2D eigenvalue weighted by molar-refractivity contribution is 6.04. The molecule has 2 rings (SSSR count). The lowest BCUT2D eigenvalue weighted by atomic mass is 9.93. The molecule has 4 nitrogen and oxygen atoms in total. The van der Waals surface area contributed by atoms with E-state index in [1.54, 1.807) is 36.4 Å². The summed E-state index contributed by atoms with van der Waals surface area (Å²) in [4.78, 5) is 23.1. The Morgan fingerprint density at radius 2 is 1.65 bits per heavy atom. The van der Waals surface area contributed by atoms with Crippen LogP contribution in [-0.2, 0) is 0 Å². The van der Waals surface area contributed by atoms with Crippen molar-refractivity contribution >= 4 is 11.8 Å². The summed E-state index contributed by atoms with van der Waals surface area (Å²) in [6, 6.07) is 11.7. The Kier molecular flexibility index (Phi) is 3.84. The van der Waals surface area contributed by atoms with E-state index in [1.807, 2.05) is 0 Å². The number of ether oxygens (including phenoxy) is 1. The maximum atomic E-state index is 11.8. The SMILES string of the molecule is COc1ccc(-c2ccccc2C(=O)O)c(C(C)=O)c1. The number of ketones is 1. The zero-order chi connectivity index (χ0) is 14.7. The van der Waals surface area contributed by atoms with E-state index in [-0.39, 0.29) is 11.3 Å². The lowest BCUT2D eigenvalue weighted by Crippen LogP contribution is -2.03. The van der Waals surface area contributed by atoms with E-state index in [1.165, 1.54) is 20.1 Å². The summed E-state index contributed by atoms with van der Waals surface area (Å²) in [6.07, 6.45) is 0. The third kappa shape index (κ3) is 2.54. The molecule has 4 heteroatoms. The average Bonchev–Trinajstić information content (AvgIpc) is 2.46. The fourth-order valence-electron chi connectivity index (χ4n) is 2.08. The van der Waals surface area contributed by atoms with E-state index in [0.29, 0.717) is 22.4 Å². The highest BCUT2D eigenvalue weighted by atomic mass is 16.5. The van der Waals surface area contributed by atoms with E-state index in [0.717, 1.165) is 0 Å². The minimum atomic E-state index is -1.02. The van der Waals surface area contributed by atoms with Crippen molar-refractivity contribution in [3.05, 3.63) is 53.6 Å². The van der Waals surface area contributed by atoms with Crippen LogP contribution in [0.5, 0.6) is 5.75 Å². The molecule has 2 aromatic rings. The van der Waals surface area contributed by atoms with E-state index in [2.05, 4.69) is 0 Å². The summed E-state index contributed by atoms with van der Waals surface area (Å²) >= 11 is 0. The van der Waals surface area contributed by atoms with Crippen molar-refractivity contribution in [1.29, 1.82) is 0 Å². The monoisotopic (exact) mass is 270 g/mol. The van der Waals surface area contributed by atoms with Crippen LogP contribution in [0.25, 0.3) is 11.1 Å². The van der Waals surface area contributed by atoms with Gasteiger partial charge < -0.3 is 9.84 Å². The molecule has 0 unspecified atom stereocenters. The van der Waals surface area contributed by atoms with Crippen LogP contribution in [0.2, 0.25) is 0 Å². The van der Waals surface area contributed by atoms with Gasteiger partial charge in [-0.25, -0.2) is 4.79 Å². The Morgan fingerprint density at radius 1 is 1.00 bits per heavy atom. The van der Waals surface area contributed by atoms with Crippen LogP contribution in [0, 0.1) is 0 Å². The molecule has 0 saturated carbocycles. The highest BCUT2D eigenvalue weighted by Crippen LogP contribution is 2.30. The molecule has 0 bridgehead atoms. The van der Waals surface area contributed by atoms with Crippen molar-refractivity contribution in [3.63, 3.8) is 0 Å². The first kappa shape index (κ1) is 13.8. The molecular weight excluding hydrogens is 256 g/mol. The summed E-state index contributed by atoms with van der Waals surface area (Å²) in [5.74, 6) is -0.600. The predicted octanol–water partition coefficient (Wildman–Crippen LogP) is 3.26. The largest absolute Gasteiger partial charge is 0.497 e. The van der Waals surface area contributed by atoms with Crippen molar-refractivity contribution < 1.29 is 19.4 Å². The smallest absolute Gasteiger partial charge is 0.336 e. The molecule has 0 saturated heterocycles. The fourth-order valence-corrected chi connectivity index (χ4v) is 2.08. The first-order valence-electron chi connectivity index (χ1n) is 6.06. The molecule has 0 fully saturated rings. The number of Topliss-reactive ketones (excluding diaryl/α,β-unsaturated/α-hetero) is 1. The molecule has 0 aromatic heterocycles. The molecule has 0 heterocycles. The van der Waals surface area contributed by atoms with Gasteiger partial charge in [-0.15, -0.1) is 0 Å². The molecule has 20 heavy (non-hydrogen) atoms. The molecular formula is C16H14O4. The molecule has 0 aliphatic carbocycles. The number of carbonyl (C=O) groups is 2. The summed E-state index contributed by atoms with van der Waals surface area (Å²) in [7, 11) is 1.52. The maximum Gasteiger partial charge on any atom is 0.336 e. The summed E-state index contributed by atoms with van der Waals surface area (Å²) in [6.45, 7) is 1.45. The van der Waals surface area contributed by atoms with Crippen LogP contribution in [0.3, 0.4) is 0 Å². The van der Waals surface area contributed by atoms with E-state index >= 15 is 0 Å². The Balaban J connectivity index is 2.70. The second-order valence-electron chi connectivity index (χ2n) is 4.32. The van der Waals surface area contributed by atoms with Crippen molar-refractivity contribution in [2.75, 3.05) is 7.11 Å². The Labute approximate surface area is 116 Å². The highest BCUT2D eigenvalue weighted by Gasteiger charge is 2.16. The number of carboxylic acids is 1. The molecule has 102 valence electrons. The second kappa shape index (κ2) is 5.57. The Morgan fingerprint density at radius 3 is 2.25 bits per heavy atom. The lowest BCUT2D eigenvalue weighted by Gasteiger charge is -2.11. The van der Waals surface area contributed by atoms with Gasteiger partial charge in [0, 0.05) is 5.56 Å². The number of aromatic carboxylic acids is 1. The first-order valence-corrected chi connectivity index (χ1v) is 6.06. The quantitative estimate of drug-likeness (QED) is 0.866.